The number of fused-ring (bicyclic) bond motifs is 4. The van der Waals surface area contributed by atoms with E-state index in [1.807, 2.05) is 36.4 Å². The molecule has 44 heavy (non-hydrogen) atoms. The van der Waals surface area contributed by atoms with E-state index in [0.29, 0.717) is 17.5 Å². The normalized spacial score (nSPS) is 11.5. The minimum Gasteiger partial charge on any atom is -0.295 e. The SMILES string of the molecule is Cn1c(=O)n(C)c2cc(-c3ccc(-c4nc(-c5ccccc5)nc(-c5cccc6ccc7ccccc7c56)n4)cc3)ccc21. The number of nitrogens with zero attached hydrogens (tertiary/aromatic N) is 5. The fourth-order valence-electron chi connectivity index (χ4n) is 6.09. The fourth-order valence-corrected chi connectivity index (χ4v) is 6.09. The van der Waals surface area contributed by atoms with Crippen molar-refractivity contribution in [2.75, 3.05) is 0 Å². The Morgan fingerprint density at radius 1 is 0.477 bits per heavy atom. The highest BCUT2D eigenvalue weighted by Gasteiger charge is 2.16. The third kappa shape index (κ3) is 4.19. The van der Waals surface area contributed by atoms with Crippen LogP contribution in [0.3, 0.4) is 0 Å². The van der Waals surface area contributed by atoms with Gasteiger partial charge in [0.1, 0.15) is 0 Å². The molecule has 0 amide bonds. The van der Waals surface area contributed by atoms with Gasteiger partial charge in [0, 0.05) is 36.2 Å². The van der Waals surface area contributed by atoms with E-state index in [1.165, 1.54) is 10.8 Å². The van der Waals surface area contributed by atoms with Crippen LogP contribution in [0.1, 0.15) is 0 Å². The van der Waals surface area contributed by atoms with Crippen LogP contribution >= 0.6 is 0 Å². The van der Waals surface area contributed by atoms with Crippen molar-refractivity contribution >= 4 is 32.6 Å². The molecule has 0 bridgehead atoms. The Hall–Kier alpha value is -5.88. The first-order valence-electron chi connectivity index (χ1n) is 14.5. The lowest BCUT2D eigenvalue weighted by Gasteiger charge is -2.12. The lowest BCUT2D eigenvalue weighted by Crippen LogP contribution is -2.19. The Balaban J connectivity index is 1.28. The molecule has 6 heteroatoms. The van der Waals surface area contributed by atoms with Crippen molar-refractivity contribution in [2.45, 2.75) is 0 Å². The molecule has 0 N–H and O–H groups in total. The first kappa shape index (κ1) is 25.8. The van der Waals surface area contributed by atoms with E-state index in [0.717, 1.165) is 49.6 Å². The van der Waals surface area contributed by atoms with Gasteiger partial charge in [0.25, 0.3) is 0 Å². The van der Waals surface area contributed by atoms with E-state index in [2.05, 4.69) is 91.0 Å². The summed E-state index contributed by atoms with van der Waals surface area (Å²) in [7, 11) is 3.60. The predicted octanol–water partition coefficient (Wildman–Crippen LogP) is 8.04. The molecule has 210 valence electrons. The summed E-state index contributed by atoms with van der Waals surface area (Å²) < 4.78 is 3.35. The van der Waals surface area contributed by atoms with E-state index in [1.54, 1.807) is 23.2 Å². The number of rotatable bonds is 4. The van der Waals surface area contributed by atoms with E-state index in [-0.39, 0.29) is 5.69 Å². The molecule has 0 aliphatic carbocycles. The molecular formula is C38H27N5O. The standard InChI is InChI=1S/C38H27N5O/c1-42-32-22-21-29(23-33(32)43(2)38(42)44)24-15-19-28(20-16-24)36-39-35(27-10-4-3-5-11-27)40-37(41-36)31-14-8-12-26-18-17-25-9-6-7-13-30(25)34(26)31/h3-23H,1-2H3. The van der Waals surface area contributed by atoms with Crippen LogP contribution in [0.2, 0.25) is 0 Å². The van der Waals surface area contributed by atoms with Gasteiger partial charge in [-0.15, -0.1) is 0 Å². The average Bonchev–Trinajstić information content (AvgIpc) is 3.31. The maximum absolute atomic E-state index is 12.4. The van der Waals surface area contributed by atoms with E-state index in [4.69, 9.17) is 15.0 Å². The average molecular weight is 570 g/mol. The summed E-state index contributed by atoms with van der Waals surface area (Å²) in [5.41, 5.74) is 6.65. The summed E-state index contributed by atoms with van der Waals surface area (Å²) in [6, 6.07) is 43.4. The summed E-state index contributed by atoms with van der Waals surface area (Å²) in [5.74, 6) is 1.87. The zero-order valence-electron chi connectivity index (χ0n) is 24.3. The van der Waals surface area contributed by atoms with Crippen molar-refractivity contribution in [3.05, 3.63) is 138 Å². The third-order valence-electron chi connectivity index (χ3n) is 8.43. The van der Waals surface area contributed by atoms with Gasteiger partial charge in [-0.05, 0) is 39.4 Å². The van der Waals surface area contributed by atoms with Gasteiger partial charge >= 0.3 is 5.69 Å². The lowest BCUT2D eigenvalue weighted by molar-refractivity contribution is 0.795. The van der Waals surface area contributed by atoms with E-state index >= 15 is 0 Å². The van der Waals surface area contributed by atoms with Crippen molar-refractivity contribution in [3.8, 4) is 45.3 Å². The zero-order valence-corrected chi connectivity index (χ0v) is 24.3. The highest BCUT2D eigenvalue weighted by molar-refractivity contribution is 6.13. The van der Waals surface area contributed by atoms with E-state index < -0.39 is 0 Å². The smallest absolute Gasteiger partial charge is 0.295 e. The molecule has 8 rings (SSSR count). The second-order valence-electron chi connectivity index (χ2n) is 11.0. The van der Waals surface area contributed by atoms with Gasteiger partial charge in [0.2, 0.25) is 0 Å². The van der Waals surface area contributed by atoms with Crippen molar-refractivity contribution in [3.63, 3.8) is 0 Å². The molecule has 0 saturated heterocycles. The molecular weight excluding hydrogens is 542 g/mol. The monoisotopic (exact) mass is 569 g/mol. The van der Waals surface area contributed by atoms with Gasteiger partial charge in [-0.2, -0.15) is 0 Å². The quantitative estimate of drug-likeness (QED) is 0.201. The summed E-state index contributed by atoms with van der Waals surface area (Å²) in [5, 5.41) is 4.61. The van der Waals surface area contributed by atoms with Crippen LogP contribution in [0, 0.1) is 0 Å². The molecule has 8 aromatic rings. The molecule has 0 unspecified atom stereocenters. The fraction of sp³-hybridized carbons (Fsp3) is 0.0526. The van der Waals surface area contributed by atoms with Gasteiger partial charge in [0.15, 0.2) is 17.5 Å². The Morgan fingerprint density at radius 3 is 1.86 bits per heavy atom. The number of imidazole rings is 1. The van der Waals surface area contributed by atoms with Crippen molar-refractivity contribution in [1.82, 2.24) is 24.1 Å². The van der Waals surface area contributed by atoms with Gasteiger partial charge in [-0.1, -0.05) is 115 Å². The molecule has 2 aromatic heterocycles. The van der Waals surface area contributed by atoms with Crippen LogP contribution in [-0.4, -0.2) is 24.1 Å². The molecule has 0 fully saturated rings. The Kier molecular flexibility index (Phi) is 5.94. The molecule has 6 aromatic carbocycles. The van der Waals surface area contributed by atoms with Crippen molar-refractivity contribution in [1.29, 1.82) is 0 Å². The summed E-state index contributed by atoms with van der Waals surface area (Å²) in [6.07, 6.45) is 0. The number of hydrogen-bond donors (Lipinski definition) is 0. The zero-order chi connectivity index (χ0) is 29.8. The minimum absolute atomic E-state index is 0.0356. The van der Waals surface area contributed by atoms with Crippen LogP contribution in [0.4, 0.5) is 0 Å². The Labute approximate surface area is 253 Å². The van der Waals surface area contributed by atoms with Gasteiger partial charge < -0.3 is 0 Å². The molecule has 0 spiro atoms. The van der Waals surface area contributed by atoms with Crippen molar-refractivity contribution in [2.24, 2.45) is 14.1 Å². The van der Waals surface area contributed by atoms with Crippen LogP contribution in [0.5, 0.6) is 0 Å². The first-order chi connectivity index (χ1) is 21.5. The minimum atomic E-state index is -0.0356. The second-order valence-corrected chi connectivity index (χ2v) is 11.0. The summed E-state index contributed by atoms with van der Waals surface area (Å²) >= 11 is 0. The maximum atomic E-state index is 12.4. The Bertz CT molecular complexity index is 2420. The number of aryl methyl sites for hydroxylation is 2. The van der Waals surface area contributed by atoms with Crippen LogP contribution in [-0.2, 0) is 14.1 Å². The number of benzene rings is 6. The molecule has 0 aliphatic rings. The summed E-state index contributed by atoms with van der Waals surface area (Å²) in [6.45, 7) is 0. The first-order valence-corrected chi connectivity index (χ1v) is 14.5. The maximum Gasteiger partial charge on any atom is 0.328 e. The van der Waals surface area contributed by atoms with Crippen molar-refractivity contribution < 1.29 is 0 Å². The molecule has 0 aliphatic heterocycles. The largest absolute Gasteiger partial charge is 0.328 e. The predicted molar refractivity (Wildman–Crippen MR) is 178 cm³/mol. The lowest BCUT2D eigenvalue weighted by atomic mass is 9.97. The van der Waals surface area contributed by atoms with Crippen LogP contribution in [0.25, 0.3) is 77.9 Å². The molecule has 2 heterocycles. The van der Waals surface area contributed by atoms with Gasteiger partial charge in [0.05, 0.1) is 11.0 Å². The molecule has 0 saturated carbocycles. The second kappa shape index (κ2) is 10.1. The highest BCUT2D eigenvalue weighted by Crippen LogP contribution is 2.35. The Morgan fingerprint density at radius 2 is 1.07 bits per heavy atom. The number of hydrogen-bond acceptors (Lipinski definition) is 4. The topological polar surface area (TPSA) is 65.6 Å². The summed E-state index contributed by atoms with van der Waals surface area (Å²) in [4.78, 5) is 27.5. The van der Waals surface area contributed by atoms with Gasteiger partial charge in [-0.3, -0.25) is 9.13 Å². The molecule has 6 nitrogen and oxygen atoms in total. The molecule has 0 radical (unpaired) electrons. The van der Waals surface area contributed by atoms with E-state index in [9.17, 15) is 4.79 Å². The van der Waals surface area contributed by atoms with Gasteiger partial charge in [-0.25, -0.2) is 19.7 Å². The van der Waals surface area contributed by atoms with Crippen LogP contribution < -0.4 is 5.69 Å². The van der Waals surface area contributed by atoms with Crippen LogP contribution in [0.15, 0.2) is 132 Å². The molecule has 0 atom stereocenters. The number of aromatic nitrogens is 5. The third-order valence-corrected chi connectivity index (χ3v) is 8.43. The highest BCUT2D eigenvalue weighted by atomic mass is 16.1.